The highest BCUT2D eigenvalue weighted by Gasteiger charge is 2.28. The van der Waals surface area contributed by atoms with Gasteiger partial charge in [0.05, 0.1) is 6.61 Å². The number of benzene rings is 1. The van der Waals surface area contributed by atoms with E-state index in [4.69, 9.17) is 5.11 Å². The summed E-state index contributed by atoms with van der Waals surface area (Å²) in [5.74, 6) is -0.920. The van der Waals surface area contributed by atoms with Crippen molar-refractivity contribution >= 4 is 26.0 Å². The van der Waals surface area contributed by atoms with Crippen molar-refractivity contribution in [1.82, 2.24) is 4.31 Å². The van der Waals surface area contributed by atoms with Gasteiger partial charge >= 0.3 is 0 Å². The minimum absolute atomic E-state index is 0.0654. The van der Waals surface area contributed by atoms with Crippen LogP contribution in [0.25, 0.3) is 0 Å². The summed E-state index contributed by atoms with van der Waals surface area (Å²) in [6.07, 6.45) is 0. The average Bonchev–Trinajstić information content (AvgIpc) is 2.37. The summed E-state index contributed by atoms with van der Waals surface area (Å²) in [7, 11) is -3.98. The molecule has 0 saturated carbocycles. The highest BCUT2D eigenvalue weighted by molar-refractivity contribution is 9.10. The minimum Gasteiger partial charge on any atom is -0.392 e. The Morgan fingerprint density at radius 2 is 2.10 bits per heavy atom. The number of aliphatic hydroxyl groups excluding tert-OH is 1. The van der Waals surface area contributed by atoms with Crippen LogP contribution in [0, 0.1) is 5.82 Å². The first-order chi connectivity index (χ1) is 9.23. The van der Waals surface area contributed by atoms with Crippen molar-refractivity contribution in [2.24, 2.45) is 0 Å². The van der Waals surface area contributed by atoms with Gasteiger partial charge in [-0.05, 0) is 19.1 Å². The van der Waals surface area contributed by atoms with E-state index in [-0.39, 0.29) is 18.7 Å². The third-order valence-electron chi connectivity index (χ3n) is 2.67. The second-order valence-electron chi connectivity index (χ2n) is 4.42. The fraction of sp³-hybridized carbons (Fsp3) is 0.385. The van der Waals surface area contributed by atoms with E-state index in [0.29, 0.717) is 10.0 Å². The molecule has 0 aromatic heterocycles. The van der Waals surface area contributed by atoms with Crippen molar-refractivity contribution in [2.75, 3.05) is 13.1 Å². The van der Waals surface area contributed by atoms with Gasteiger partial charge in [0.1, 0.15) is 10.7 Å². The van der Waals surface area contributed by atoms with E-state index in [2.05, 4.69) is 22.5 Å². The zero-order chi connectivity index (χ0) is 15.5. The lowest BCUT2D eigenvalue weighted by Gasteiger charge is -2.21. The molecule has 1 rings (SSSR count). The molecule has 0 unspecified atom stereocenters. The SMILES string of the molecule is C=C(C)CN(CC)S(=O)(=O)c1cc(Br)cc(CO)c1F. The molecule has 0 amide bonds. The number of hydrogen-bond acceptors (Lipinski definition) is 3. The first-order valence-corrected chi connectivity index (χ1v) is 8.20. The molecule has 0 aliphatic carbocycles. The number of nitrogens with zero attached hydrogens (tertiary/aromatic N) is 1. The van der Waals surface area contributed by atoms with Crippen molar-refractivity contribution in [3.63, 3.8) is 0 Å². The van der Waals surface area contributed by atoms with Crippen LogP contribution >= 0.6 is 15.9 Å². The fourth-order valence-electron chi connectivity index (χ4n) is 1.73. The summed E-state index contributed by atoms with van der Waals surface area (Å²) in [5.41, 5.74) is 0.595. The Hall–Kier alpha value is -0.760. The summed E-state index contributed by atoms with van der Waals surface area (Å²) < 4.78 is 40.7. The molecule has 1 aromatic rings. The topological polar surface area (TPSA) is 57.6 Å². The summed E-state index contributed by atoms with van der Waals surface area (Å²) in [4.78, 5) is -0.445. The van der Waals surface area contributed by atoms with Crippen molar-refractivity contribution in [2.45, 2.75) is 25.3 Å². The van der Waals surface area contributed by atoms with Crippen LogP contribution in [0.1, 0.15) is 19.4 Å². The smallest absolute Gasteiger partial charge is 0.246 e. The molecule has 0 aliphatic heterocycles. The van der Waals surface area contributed by atoms with Crippen LogP contribution in [0.3, 0.4) is 0 Å². The molecule has 0 radical (unpaired) electrons. The van der Waals surface area contributed by atoms with Crippen molar-refractivity contribution < 1.29 is 17.9 Å². The second kappa shape index (κ2) is 6.80. The van der Waals surface area contributed by atoms with Crippen LogP contribution in [0.2, 0.25) is 0 Å². The van der Waals surface area contributed by atoms with Gasteiger partial charge in [-0.25, -0.2) is 12.8 Å². The Kier molecular flexibility index (Phi) is 5.88. The first-order valence-electron chi connectivity index (χ1n) is 5.97. The third-order valence-corrected chi connectivity index (χ3v) is 5.04. The summed E-state index contributed by atoms with van der Waals surface area (Å²) in [6, 6.07) is 2.55. The van der Waals surface area contributed by atoms with Crippen LogP contribution in [-0.4, -0.2) is 30.9 Å². The average molecular weight is 366 g/mol. The van der Waals surface area contributed by atoms with Crippen LogP contribution in [0.5, 0.6) is 0 Å². The number of hydrogen-bond donors (Lipinski definition) is 1. The monoisotopic (exact) mass is 365 g/mol. The molecule has 0 heterocycles. The lowest BCUT2D eigenvalue weighted by atomic mass is 10.2. The normalized spacial score (nSPS) is 11.9. The van der Waals surface area contributed by atoms with E-state index in [9.17, 15) is 12.8 Å². The lowest BCUT2D eigenvalue weighted by Crippen LogP contribution is -2.33. The molecule has 0 fully saturated rings. The molecule has 0 spiro atoms. The van der Waals surface area contributed by atoms with E-state index in [1.165, 1.54) is 12.1 Å². The first kappa shape index (κ1) is 17.3. The Morgan fingerprint density at radius 1 is 1.50 bits per heavy atom. The Morgan fingerprint density at radius 3 is 2.55 bits per heavy atom. The van der Waals surface area contributed by atoms with E-state index < -0.39 is 27.3 Å². The molecule has 20 heavy (non-hydrogen) atoms. The standard InChI is InChI=1S/C13H17BrFNO3S/c1-4-16(7-9(2)3)20(18,19)12-6-11(14)5-10(8-17)13(12)15/h5-6,17H,2,4,7-8H2,1,3H3. The highest BCUT2D eigenvalue weighted by Crippen LogP contribution is 2.27. The quantitative estimate of drug-likeness (QED) is 0.788. The van der Waals surface area contributed by atoms with E-state index in [1.807, 2.05) is 0 Å². The van der Waals surface area contributed by atoms with Gasteiger partial charge in [0, 0.05) is 23.1 Å². The molecule has 1 N–H and O–H groups in total. The van der Waals surface area contributed by atoms with Gasteiger partial charge in [0.25, 0.3) is 0 Å². The van der Waals surface area contributed by atoms with E-state index in [1.54, 1.807) is 13.8 Å². The highest BCUT2D eigenvalue weighted by atomic mass is 79.9. The maximum absolute atomic E-state index is 14.2. The molecular weight excluding hydrogens is 349 g/mol. The number of likely N-dealkylation sites (N-methyl/N-ethyl adjacent to an activating group) is 1. The Balaban J connectivity index is 3.41. The van der Waals surface area contributed by atoms with Crippen molar-refractivity contribution in [1.29, 1.82) is 0 Å². The van der Waals surface area contributed by atoms with E-state index >= 15 is 0 Å². The van der Waals surface area contributed by atoms with Gasteiger partial charge in [-0.2, -0.15) is 4.31 Å². The van der Waals surface area contributed by atoms with Crippen LogP contribution < -0.4 is 0 Å². The molecule has 0 saturated heterocycles. The summed E-state index contributed by atoms with van der Waals surface area (Å²) in [5, 5.41) is 9.09. The van der Waals surface area contributed by atoms with E-state index in [0.717, 1.165) is 4.31 Å². The largest absolute Gasteiger partial charge is 0.392 e. The molecular formula is C13H17BrFNO3S. The lowest BCUT2D eigenvalue weighted by molar-refractivity contribution is 0.274. The molecule has 112 valence electrons. The molecule has 7 heteroatoms. The van der Waals surface area contributed by atoms with Gasteiger partial charge in [-0.1, -0.05) is 35.0 Å². The molecule has 4 nitrogen and oxygen atoms in total. The molecule has 0 aliphatic rings. The summed E-state index contributed by atoms with van der Waals surface area (Å²) >= 11 is 3.12. The van der Waals surface area contributed by atoms with Crippen LogP contribution in [0.4, 0.5) is 4.39 Å². The van der Waals surface area contributed by atoms with Crippen LogP contribution in [0.15, 0.2) is 33.7 Å². The summed E-state index contributed by atoms with van der Waals surface area (Å²) in [6.45, 7) is 6.81. The van der Waals surface area contributed by atoms with Gasteiger partial charge in [-0.15, -0.1) is 0 Å². The zero-order valence-corrected chi connectivity index (χ0v) is 13.8. The molecule has 0 atom stereocenters. The van der Waals surface area contributed by atoms with Crippen LogP contribution in [-0.2, 0) is 16.6 Å². The number of sulfonamides is 1. The number of aliphatic hydroxyl groups is 1. The van der Waals surface area contributed by atoms with Crippen molar-refractivity contribution in [3.05, 3.63) is 40.1 Å². The third kappa shape index (κ3) is 3.66. The predicted molar refractivity (Wildman–Crippen MR) is 79.3 cm³/mol. The van der Waals surface area contributed by atoms with Crippen molar-refractivity contribution in [3.8, 4) is 0 Å². The molecule has 0 bridgehead atoms. The number of rotatable bonds is 6. The van der Waals surface area contributed by atoms with Gasteiger partial charge in [-0.3, -0.25) is 0 Å². The number of halogens is 2. The Bertz CT molecular complexity index is 616. The minimum atomic E-state index is -3.98. The fourth-order valence-corrected chi connectivity index (χ4v) is 4.03. The second-order valence-corrected chi connectivity index (χ2v) is 7.25. The van der Waals surface area contributed by atoms with Gasteiger partial charge in [0.15, 0.2) is 0 Å². The zero-order valence-electron chi connectivity index (χ0n) is 11.4. The predicted octanol–water partition coefficient (Wildman–Crippen LogP) is 2.67. The van der Waals surface area contributed by atoms with Gasteiger partial charge in [0.2, 0.25) is 10.0 Å². The maximum atomic E-state index is 14.2. The molecule has 1 aromatic carbocycles. The maximum Gasteiger partial charge on any atom is 0.246 e. The Labute approximate surface area is 127 Å². The van der Waals surface area contributed by atoms with Gasteiger partial charge < -0.3 is 5.11 Å².